The lowest BCUT2D eigenvalue weighted by molar-refractivity contribution is 0.217. The molecule has 21 heavy (non-hydrogen) atoms. The van der Waals surface area contributed by atoms with Crippen molar-refractivity contribution in [3.63, 3.8) is 0 Å². The van der Waals surface area contributed by atoms with Gasteiger partial charge >= 0.3 is 0 Å². The minimum atomic E-state index is 0.220. The molecular weight excluding hydrogens is 282 g/mol. The Morgan fingerprint density at radius 1 is 1.33 bits per heavy atom. The summed E-state index contributed by atoms with van der Waals surface area (Å²) < 4.78 is 1.94. The van der Waals surface area contributed by atoms with Crippen LogP contribution in [0.3, 0.4) is 0 Å². The van der Waals surface area contributed by atoms with E-state index in [4.69, 9.17) is 0 Å². The zero-order chi connectivity index (χ0) is 14.7. The van der Waals surface area contributed by atoms with Gasteiger partial charge in [-0.25, -0.2) is 4.68 Å². The summed E-state index contributed by atoms with van der Waals surface area (Å²) in [6, 6.07) is 10.9. The largest absolute Gasteiger partial charge is 0.310 e. The number of benzene rings is 1. The first-order valence-electron chi connectivity index (χ1n) is 7.22. The van der Waals surface area contributed by atoms with E-state index < -0.39 is 0 Å². The molecule has 1 N–H and O–H groups in total. The second-order valence-electron chi connectivity index (χ2n) is 5.30. The Morgan fingerprint density at radius 2 is 2.14 bits per heavy atom. The van der Waals surface area contributed by atoms with Gasteiger partial charge in [-0.15, -0.1) is 5.10 Å². The molecule has 1 aliphatic rings. The van der Waals surface area contributed by atoms with Gasteiger partial charge in [-0.1, -0.05) is 23.4 Å². The van der Waals surface area contributed by atoms with Crippen LogP contribution in [-0.2, 0) is 0 Å². The molecule has 2 aromatic rings. The first-order chi connectivity index (χ1) is 10.3. The third-order valence-corrected chi connectivity index (χ3v) is 5.08. The first-order valence-corrected chi connectivity index (χ1v) is 8.38. The predicted molar refractivity (Wildman–Crippen MR) is 86.9 cm³/mol. The van der Waals surface area contributed by atoms with Gasteiger partial charge in [0.1, 0.15) is 0 Å². The highest BCUT2D eigenvalue weighted by atomic mass is 32.2. The predicted octanol–water partition coefficient (Wildman–Crippen LogP) is 1.57. The lowest BCUT2D eigenvalue weighted by Crippen LogP contribution is -2.47. The van der Waals surface area contributed by atoms with Gasteiger partial charge in [0.15, 0.2) is 0 Å². The van der Waals surface area contributed by atoms with Gasteiger partial charge < -0.3 is 5.32 Å². The minimum absolute atomic E-state index is 0.220. The van der Waals surface area contributed by atoms with E-state index in [9.17, 15) is 0 Å². The fourth-order valence-corrected chi connectivity index (χ4v) is 4.09. The molecule has 5 nitrogen and oxygen atoms in total. The molecule has 1 saturated heterocycles. The maximum absolute atomic E-state index is 4.28. The minimum Gasteiger partial charge on any atom is -0.310 e. The summed E-state index contributed by atoms with van der Waals surface area (Å²) in [5.74, 6) is 2.33. The highest BCUT2D eigenvalue weighted by Gasteiger charge is 2.30. The Morgan fingerprint density at radius 3 is 2.86 bits per heavy atom. The summed E-state index contributed by atoms with van der Waals surface area (Å²) in [6.45, 7) is 1.13. The van der Waals surface area contributed by atoms with E-state index in [2.05, 4.69) is 39.7 Å². The number of rotatable bonds is 4. The zero-order valence-corrected chi connectivity index (χ0v) is 13.3. The van der Waals surface area contributed by atoms with E-state index in [1.54, 1.807) is 0 Å². The number of likely N-dealkylation sites (N-methyl/N-ethyl adjacent to an activating group) is 2. The SMILES string of the molecule is CNC(c1cnnn1-c1ccccc1)C1CSCCN1C. The van der Waals surface area contributed by atoms with Crippen molar-refractivity contribution >= 4 is 11.8 Å². The molecule has 3 rings (SSSR count). The second-order valence-corrected chi connectivity index (χ2v) is 6.45. The van der Waals surface area contributed by atoms with Crippen LogP contribution in [0, 0.1) is 0 Å². The summed E-state index contributed by atoms with van der Waals surface area (Å²) in [5, 5.41) is 11.9. The van der Waals surface area contributed by atoms with Crippen LogP contribution in [0.4, 0.5) is 0 Å². The third kappa shape index (κ3) is 2.97. The van der Waals surface area contributed by atoms with Crippen LogP contribution in [0.15, 0.2) is 36.5 Å². The first kappa shape index (κ1) is 14.6. The van der Waals surface area contributed by atoms with Gasteiger partial charge in [0, 0.05) is 24.1 Å². The average molecular weight is 303 g/mol. The summed E-state index contributed by atoms with van der Waals surface area (Å²) in [5.41, 5.74) is 2.17. The molecular formula is C15H21N5S. The van der Waals surface area contributed by atoms with Crippen LogP contribution in [0.25, 0.3) is 5.69 Å². The van der Waals surface area contributed by atoms with Crippen molar-refractivity contribution in [1.29, 1.82) is 0 Å². The van der Waals surface area contributed by atoms with Gasteiger partial charge in [-0.05, 0) is 26.2 Å². The summed E-state index contributed by atoms with van der Waals surface area (Å²) in [6.07, 6.45) is 1.88. The van der Waals surface area contributed by atoms with Crippen molar-refractivity contribution in [2.75, 3.05) is 32.1 Å². The van der Waals surface area contributed by atoms with Gasteiger partial charge in [0.2, 0.25) is 0 Å². The molecule has 2 unspecified atom stereocenters. The van der Waals surface area contributed by atoms with E-state index >= 15 is 0 Å². The topological polar surface area (TPSA) is 46.0 Å². The maximum Gasteiger partial charge on any atom is 0.0831 e. The summed E-state index contributed by atoms with van der Waals surface area (Å²) >= 11 is 2.02. The molecule has 0 aliphatic carbocycles. The Bertz CT molecular complexity index is 570. The van der Waals surface area contributed by atoms with Crippen molar-refractivity contribution in [3.8, 4) is 5.69 Å². The zero-order valence-electron chi connectivity index (χ0n) is 12.4. The van der Waals surface area contributed by atoms with E-state index in [1.807, 2.05) is 47.9 Å². The normalized spacial score (nSPS) is 21.3. The van der Waals surface area contributed by atoms with Crippen molar-refractivity contribution in [2.45, 2.75) is 12.1 Å². The van der Waals surface area contributed by atoms with Crippen LogP contribution in [-0.4, -0.2) is 58.1 Å². The van der Waals surface area contributed by atoms with Gasteiger partial charge in [0.05, 0.1) is 23.6 Å². The molecule has 1 aromatic carbocycles. The Balaban J connectivity index is 1.93. The molecule has 6 heteroatoms. The quantitative estimate of drug-likeness (QED) is 0.929. The molecule has 2 atom stereocenters. The molecule has 0 bridgehead atoms. The molecule has 2 heterocycles. The molecule has 0 saturated carbocycles. The van der Waals surface area contributed by atoms with E-state index in [-0.39, 0.29) is 6.04 Å². The number of thioether (sulfide) groups is 1. The summed E-state index contributed by atoms with van der Waals surface area (Å²) in [7, 11) is 4.21. The van der Waals surface area contributed by atoms with Crippen LogP contribution < -0.4 is 5.32 Å². The smallest absolute Gasteiger partial charge is 0.0831 e. The van der Waals surface area contributed by atoms with Crippen molar-refractivity contribution < 1.29 is 0 Å². The van der Waals surface area contributed by atoms with E-state index in [0.717, 1.165) is 23.7 Å². The highest BCUT2D eigenvalue weighted by molar-refractivity contribution is 7.99. The Labute approximate surface area is 129 Å². The number of hydrogen-bond acceptors (Lipinski definition) is 5. The Hall–Kier alpha value is -1.37. The van der Waals surface area contributed by atoms with Crippen LogP contribution in [0.1, 0.15) is 11.7 Å². The monoisotopic (exact) mass is 303 g/mol. The maximum atomic E-state index is 4.28. The van der Waals surface area contributed by atoms with Gasteiger partial charge in [-0.2, -0.15) is 11.8 Å². The molecule has 1 aliphatic heterocycles. The van der Waals surface area contributed by atoms with Crippen molar-refractivity contribution in [1.82, 2.24) is 25.2 Å². The Kier molecular flexibility index (Phi) is 4.57. The standard InChI is InChI=1S/C15H21N5S/c1-16-15(14-11-21-9-8-19(14)2)13-10-17-18-20(13)12-6-4-3-5-7-12/h3-7,10,14-16H,8-9,11H2,1-2H3. The number of para-hydroxylation sites is 1. The molecule has 0 radical (unpaired) electrons. The second kappa shape index (κ2) is 6.60. The van der Waals surface area contributed by atoms with Crippen LogP contribution in [0.5, 0.6) is 0 Å². The van der Waals surface area contributed by atoms with E-state index in [1.165, 1.54) is 5.75 Å². The highest BCUT2D eigenvalue weighted by Crippen LogP contribution is 2.27. The lowest BCUT2D eigenvalue weighted by atomic mass is 10.1. The fourth-order valence-electron chi connectivity index (χ4n) is 2.82. The molecule has 1 aromatic heterocycles. The van der Waals surface area contributed by atoms with Crippen LogP contribution in [0.2, 0.25) is 0 Å². The fraction of sp³-hybridized carbons (Fsp3) is 0.467. The van der Waals surface area contributed by atoms with Gasteiger partial charge in [-0.3, -0.25) is 4.90 Å². The molecule has 0 spiro atoms. The summed E-state index contributed by atoms with van der Waals surface area (Å²) in [4.78, 5) is 2.43. The molecule has 0 amide bonds. The molecule has 1 fully saturated rings. The van der Waals surface area contributed by atoms with Crippen molar-refractivity contribution in [2.24, 2.45) is 0 Å². The number of hydrogen-bond donors (Lipinski definition) is 1. The van der Waals surface area contributed by atoms with Crippen molar-refractivity contribution in [3.05, 3.63) is 42.2 Å². The molecule has 112 valence electrons. The van der Waals surface area contributed by atoms with Gasteiger partial charge in [0.25, 0.3) is 0 Å². The lowest BCUT2D eigenvalue weighted by Gasteiger charge is -2.37. The number of nitrogens with one attached hydrogen (secondary N) is 1. The number of nitrogens with zero attached hydrogens (tertiary/aromatic N) is 4. The number of aromatic nitrogens is 3. The van der Waals surface area contributed by atoms with E-state index in [0.29, 0.717) is 6.04 Å². The average Bonchev–Trinajstić information content (AvgIpc) is 3.00. The third-order valence-electron chi connectivity index (χ3n) is 4.03. The van der Waals surface area contributed by atoms with Crippen LogP contribution >= 0.6 is 11.8 Å².